The van der Waals surface area contributed by atoms with Gasteiger partial charge < -0.3 is 15.4 Å². The van der Waals surface area contributed by atoms with E-state index < -0.39 is 0 Å². The Bertz CT molecular complexity index is 626. The number of para-hydroxylation sites is 1. The Labute approximate surface area is 132 Å². The fourth-order valence-corrected chi connectivity index (χ4v) is 3.16. The van der Waals surface area contributed by atoms with Gasteiger partial charge in [-0.05, 0) is 42.2 Å². The van der Waals surface area contributed by atoms with Crippen LogP contribution in [0.25, 0.3) is 0 Å². The van der Waals surface area contributed by atoms with E-state index in [1.54, 1.807) is 0 Å². The van der Waals surface area contributed by atoms with Gasteiger partial charge in [-0.1, -0.05) is 37.3 Å². The lowest BCUT2D eigenvalue weighted by Crippen LogP contribution is -2.32. The maximum absolute atomic E-state index is 6.11. The third-order valence-electron chi connectivity index (χ3n) is 4.24. The number of ether oxygens (including phenoxy) is 1. The van der Waals surface area contributed by atoms with Gasteiger partial charge in [-0.15, -0.1) is 0 Å². The van der Waals surface area contributed by atoms with E-state index in [9.17, 15) is 0 Å². The summed E-state index contributed by atoms with van der Waals surface area (Å²) in [7, 11) is 0. The third-order valence-corrected chi connectivity index (χ3v) is 4.24. The molecule has 3 rings (SSSR count). The second-order valence-corrected chi connectivity index (χ2v) is 5.74. The van der Waals surface area contributed by atoms with Crippen LogP contribution in [0.3, 0.4) is 0 Å². The lowest BCUT2D eigenvalue weighted by Gasteiger charge is -2.30. The molecule has 3 heteroatoms. The van der Waals surface area contributed by atoms with E-state index in [0.717, 1.165) is 31.7 Å². The van der Waals surface area contributed by atoms with Crippen molar-refractivity contribution in [3.63, 3.8) is 0 Å². The molecule has 0 spiro atoms. The first-order chi connectivity index (χ1) is 10.8. The van der Waals surface area contributed by atoms with Crippen molar-refractivity contribution < 1.29 is 4.74 Å². The van der Waals surface area contributed by atoms with Crippen LogP contribution in [0.1, 0.15) is 30.5 Å². The van der Waals surface area contributed by atoms with E-state index in [0.29, 0.717) is 6.54 Å². The molecule has 1 unspecified atom stereocenters. The smallest absolute Gasteiger partial charge is 0.119 e. The van der Waals surface area contributed by atoms with Crippen molar-refractivity contribution in [1.29, 1.82) is 0 Å². The molecule has 0 fully saturated rings. The van der Waals surface area contributed by atoms with Crippen molar-refractivity contribution in [3.05, 3.63) is 59.7 Å². The van der Waals surface area contributed by atoms with Gasteiger partial charge in [-0.2, -0.15) is 0 Å². The van der Waals surface area contributed by atoms with Crippen molar-refractivity contribution in [2.45, 2.75) is 25.8 Å². The Hall–Kier alpha value is -2.00. The number of anilines is 1. The Balaban J connectivity index is 1.86. The summed E-state index contributed by atoms with van der Waals surface area (Å²) in [5, 5.41) is 0. The van der Waals surface area contributed by atoms with E-state index in [1.165, 1.54) is 16.8 Å². The monoisotopic (exact) mass is 296 g/mol. The molecule has 1 aliphatic heterocycles. The molecular weight excluding hydrogens is 272 g/mol. The van der Waals surface area contributed by atoms with Crippen LogP contribution >= 0.6 is 0 Å². The van der Waals surface area contributed by atoms with Crippen molar-refractivity contribution in [3.8, 4) is 5.75 Å². The van der Waals surface area contributed by atoms with E-state index in [1.807, 2.05) is 6.07 Å². The minimum Gasteiger partial charge on any atom is -0.494 e. The number of nitrogens with two attached hydrogens (primary N) is 1. The van der Waals surface area contributed by atoms with Gasteiger partial charge in [0.25, 0.3) is 0 Å². The van der Waals surface area contributed by atoms with E-state index in [-0.39, 0.29) is 6.04 Å². The zero-order chi connectivity index (χ0) is 15.4. The number of fused-ring (bicyclic) bond motifs is 1. The predicted octanol–water partition coefficient (Wildman–Crippen LogP) is 3.54. The van der Waals surface area contributed by atoms with Crippen LogP contribution in [0.4, 0.5) is 5.69 Å². The number of hydrogen-bond donors (Lipinski definition) is 1. The average Bonchev–Trinajstić information content (AvgIpc) is 2.98. The van der Waals surface area contributed by atoms with E-state index in [4.69, 9.17) is 10.5 Å². The highest BCUT2D eigenvalue weighted by atomic mass is 16.5. The summed E-state index contributed by atoms with van der Waals surface area (Å²) in [6.07, 6.45) is 2.11. The molecule has 1 atom stereocenters. The van der Waals surface area contributed by atoms with Gasteiger partial charge in [-0.25, -0.2) is 0 Å². The van der Waals surface area contributed by atoms with E-state index in [2.05, 4.69) is 54.3 Å². The molecule has 2 N–H and O–H groups in total. The van der Waals surface area contributed by atoms with Crippen LogP contribution in [-0.2, 0) is 6.42 Å². The highest BCUT2D eigenvalue weighted by Gasteiger charge is 2.26. The Morgan fingerprint density at radius 1 is 1.18 bits per heavy atom. The van der Waals surface area contributed by atoms with Crippen molar-refractivity contribution in [2.24, 2.45) is 5.73 Å². The van der Waals surface area contributed by atoms with Gasteiger partial charge >= 0.3 is 0 Å². The molecule has 0 amide bonds. The lowest BCUT2D eigenvalue weighted by atomic mass is 10.0. The van der Waals surface area contributed by atoms with Crippen LogP contribution in [-0.4, -0.2) is 19.7 Å². The van der Waals surface area contributed by atoms with Crippen molar-refractivity contribution in [1.82, 2.24) is 0 Å². The Morgan fingerprint density at radius 2 is 2.05 bits per heavy atom. The first-order valence-electron chi connectivity index (χ1n) is 8.11. The van der Waals surface area contributed by atoms with E-state index >= 15 is 0 Å². The molecule has 2 aromatic carbocycles. The molecule has 0 saturated carbocycles. The Kier molecular flexibility index (Phi) is 4.64. The van der Waals surface area contributed by atoms with Gasteiger partial charge in [0.1, 0.15) is 5.75 Å². The molecule has 0 bridgehead atoms. The lowest BCUT2D eigenvalue weighted by molar-refractivity contribution is 0.317. The first kappa shape index (κ1) is 14.9. The van der Waals surface area contributed by atoms with Gasteiger partial charge in [0.05, 0.1) is 12.6 Å². The van der Waals surface area contributed by atoms with Crippen LogP contribution in [0.15, 0.2) is 48.5 Å². The second kappa shape index (κ2) is 6.84. The summed E-state index contributed by atoms with van der Waals surface area (Å²) in [5.74, 6) is 0.935. The fourth-order valence-electron chi connectivity index (χ4n) is 3.16. The maximum atomic E-state index is 6.11. The minimum atomic E-state index is 0.203. The van der Waals surface area contributed by atoms with Crippen molar-refractivity contribution >= 4 is 5.69 Å². The molecule has 0 aromatic heterocycles. The fraction of sp³-hybridized carbons (Fsp3) is 0.368. The molecule has 3 nitrogen and oxygen atoms in total. The number of rotatable bonds is 6. The average molecular weight is 296 g/mol. The van der Waals surface area contributed by atoms with Gasteiger partial charge in [0, 0.05) is 18.8 Å². The molecule has 1 heterocycles. The summed E-state index contributed by atoms with van der Waals surface area (Å²) in [6, 6.07) is 17.2. The van der Waals surface area contributed by atoms with Crippen LogP contribution in [0, 0.1) is 0 Å². The highest BCUT2D eigenvalue weighted by molar-refractivity contribution is 5.59. The molecule has 0 radical (unpaired) electrons. The molecule has 2 aromatic rings. The molecule has 0 saturated heterocycles. The Morgan fingerprint density at radius 3 is 2.86 bits per heavy atom. The summed E-state index contributed by atoms with van der Waals surface area (Å²) in [4.78, 5) is 2.42. The standard InChI is InChI=1S/C19H24N2O/c1-2-12-22-17-8-5-7-16(13-17)19(14-20)21-11-10-15-6-3-4-9-18(15)21/h3-9,13,19H,2,10-12,14,20H2,1H3. The SMILES string of the molecule is CCCOc1cccc(C(CN)N2CCc3ccccc32)c1. The normalized spacial score (nSPS) is 14.7. The quantitative estimate of drug-likeness (QED) is 0.886. The minimum absolute atomic E-state index is 0.203. The second-order valence-electron chi connectivity index (χ2n) is 5.74. The molecule has 1 aliphatic rings. The molecule has 0 aliphatic carbocycles. The predicted molar refractivity (Wildman–Crippen MR) is 91.5 cm³/mol. The number of nitrogens with zero attached hydrogens (tertiary/aromatic N) is 1. The summed E-state index contributed by atoms with van der Waals surface area (Å²) >= 11 is 0. The van der Waals surface area contributed by atoms with Crippen LogP contribution in [0.2, 0.25) is 0 Å². The topological polar surface area (TPSA) is 38.5 Å². The molecule has 22 heavy (non-hydrogen) atoms. The zero-order valence-corrected chi connectivity index (χ0v) is 13.2. The molecular formula is C19H24N2O. The van der Waals surface area contributed by atoms with Gasteiger partial charge in [-0.3, -0.25) is 0 Å². The van der Waals surface area contributed by atoms with Gasteiger partial charge in [0.15, 0.2) is 0 Å². The zero-order valence-electron chi connectivity index (χ0n) is 13.2. The highest BCUT2D eigenvalue weighted by Crippen LogP contribution is 2.35. The van der Waals surface area contributed by atoms with Crippen LogP contribution < -0.4 is 15.4 Å². The van der Waals surface area contributed by atoms with Gasteiger partial charge in [0.2, 0.25) is 0 Å². The first-order valence-corrected chi connectivity index (χ1v) is 8.11. The number of hydrogen-bond acceptors (Lipinski definition) is 3. The summed E-state index contributed by atoms with van der Waals surface area (Å²) < 4.78 is 5.76. The van der Waals surface area contributed by atoms with Crippen molar-refractivity contribution in [2.75, 3.05) is 24.6 Å². The number of benzene rings is 2. The third kappa shape index (κ3) is 2.95. The largest absolute Gasteiger partial charge is 0.494 e. The maximum Gasteiger partial charge on any atom is 0.119 e. The summed E-state index contributed by atoms with van der Waals surface area (Å²) in [5.41, 5.74) is 10.1. The summed E-state index contributed by atoms with van der Waals surface area (Å²) in [6.45, 7) is 4.50. The van der Waals surface area contributed by atoms with Crippen LogP contribution in [0.5, 0.6) is 5.75 Å². The molecule has 116 valence electrons.